The van der Waals surface area contributed by atoms with Crippen molar-refractivity contribution in [2.75, 3.05) is 0 Å². The smallest absolute Gasteiger partial charge is 0.0867 e. The maximum atomic E-state index is 10.3. The van der Waals surface area contributed by atoms with Crippen molar-refractivity contribution >= 4 is 5.57 Å². The fraction of sp³-hybridized carbons (Fsp3) is 0.471. The molecule has 98 valence electrons. The molecule has 1 atom stereocenters. The second-order valence-corrected chi connectivity index (χ2v) is 4.58. The van der Waals surface area contributed by atoms with Gasteiger partial charge < -0.3 is 5.11 Å². The van der Waals surface area contributed by atoms with Gasteiger partial charge in [-0.3, -0.25) is 0 Å². The molecular weight excluding hydrogens is 220 g/mol. The quantitative estimate of drug-likeness (QED) is 0.550. The Bertz CT molecular complexity index is 385. The van der Waals surface area contributed by atoms with Crippen LogP contribution >= 0.6 is 0 Å². The highest BCUT2D eigenvalue weighted by Gasteiger charge is 2.11. The van der Waals surface area contributed by atoms with Crippen LogP contribution in [0.4, 0.5) is 0 Å². The monoisotopic (exact) mass is 244 g/mol. The van der Waals surface area contributed by atoms with E-state index in [0.717, 1.165) is 24.0 Å². The molecule has 1 aromatic rings. The second-order valence-electron chi connectivity index (χ2n) is 4.58. The number of unbranched alkanes of at least 4 members (excludes halogenated alkanes) is 3. The molecular formula is C17H24O. The standard InChI is InChI=1S/C17H24O/c1-3-5-6-10-14-17(18)16(11-4-2)15-12-8-7-9-13-15/h4,7-9,12-13,17-18H,3,5-6,10,14H2,1-2H3. The van der Waals surface area contributed by atoms with Gasteiger partial charge in [-0.1, -0.05) is 62.9 Å². The third-order valence-electron chi connectivity index (χ3n) is 3.05. The Morgan fingerprint density at radius 2 is 1.94 bits per heavy atom. The Morgan fingerprint density at radius 3 is 2.56 bits per heavy atom. The van der Waals surface area contributed by atoms with Crippen LogP contribution in [0.1, 0.15) is 51.5 Å². The summed E-state index contributed by atoms with van der Waals surface area (Å²) in [6, 6.07) is 10.0. The van der Waals surface area contributed by atoms with Gasteiger partial charge in [0.15, 0.2) is 0 Å². The second kappa shape index (κ2) is 8.74. The van der Waals surface area contributed by atoms with Crippen LogP contribution in [0.15, 0.2) is 42.1 Å². The molecule has 0 bridgehead atoms. The molecule has 1 rings (SSSR count). The highest BCUT2D eigenvalue weighted by Crippen LogP contribution is 2.21. The molecule has 1 unspecified atom stereocenters. The zero-order valence-corrected chi connectivity index (χ0v) is 11.5. The largest absolute Gasteiger partial charge is 0.388 e. The van der Waals surface area contributed by atoms with Crippen molar-refractivity contribution in [2.24, 2.45) is 0 Å². The van der Waals surface area contributed by atoms with E-state index in [1.54, 1.807) is 0 Å². The minimum atomic E-state index is -0.402. The van der Waals surface area contributed by atoms with Crippen molar-refractivity contribution in [1.29, 1.82) is 0 Å². The van der Waals surface area contributed by atoms with Crippen LogP contribution < -0.4 is 0 Å². The average molecular weight is 244 g/mol. The van der Waals surface area contributed by atoms with E-state index >= 15 is 0 Å². The third-order valence-corrected chi connectivity index (χ3v) is 3.05. The predicted molar refractivity (Wildman–Crippen MR) is 78.4 cm³/mol. The SMILES string of the molecule is CC=C=C(c1ccccc1)C(O)CCCCCC. The Morgan fingerprint density at radius 1 is 1.22 bits per heavy atom. The lowest BCUT2D eigenvalue weighted by molar-refractivity contribution is 0.217. The van der Waals surface area contributed by atoms with Crippen LogP contribution in [-0.4, -0.2) is 11.2 Å². The lowest BCUT2D eigenvalue weighted by Gasteiger charge is -2.13. The first-order valence-corrected chi connectivity index (χ1v) is 6.94. The summed E-state index contributed by atoms with van der Waals surface area (Å²) < 4.78 is 0. The van der Waals surface area contributed by atoms with Crippen molar-refractivity contribution < 1.29 is 5.11 Å². The predicted octanol–water partition coefficient (Wildman–Crippen LogP) is 4.58. The molecule has 0 aliphatic carbocycles. The van der Waals surface area contributed by atoms with E-state index in [0.29, 0.717) is 0 Å². The molecule has 1 nitrogen and oxygen atoms in total. The van der Waals surface area contributed by atoms with E-state index in [2.05, 4.69) is 12.7 Å². The van der Waals surface area contributed by atoms with E-state index in [1.807, 2.05) is 43.3 Å². The summed E-state index contributed by atoms with van der Waals surface area (Å²) >= 11 is 0. The lowest BCUT2D eigenvalue weighted by Crippen LogP contribution is -2.08. The summed E-state index contributed by atoms with van der Waals surface area (Å²) in [7, 11) is 0. The van der Waals surface area contributed by atoms with Gasteiger partial charge in [0.1, 0.15) is 0 Å². The number of hydrogen-bond acceptors (Lipinski definition) is 1. The first kappa shape index (κ1) is 14.8. The van der Waals surface area contributed by atoms with Gasteiger partial charge in [0.2, 0.25) is 0 Å². The first-order valence-electron chi connectivity index (χ1n) is 6.94. The van der Waals surface area contributed by atoms with Crippen LogP contribution in [-0.2, 0) is 0 Å². The topological polar surface area (TPSA) is 20.2 Å². The molecule has 1 heteroatoms. The van der Waals surface area contributed by atoms with Crippen molar-refractivity contribution in [3.63, 3.8) is 0 Å². The zero-order chi connectivity index (χ0) is 13.2. The van der Waals surface area contributed by atoms with Crippen molar-refractivity contribution in [3.05, 3.63) is 47.7 Å². The maximum absolute atomic E-state index is 10.3. The molecule has 0 spiro atoms. The molecule has 18 heavy (non-hydrogen) atoms. The van der Waals surface area contributed by atoms with Gasteiger partial charge in [0, 0.05) is 5.57 Å². The Kier molecular flexibility index (Phi) is 7.17. The molecule has 0 aliphatic rings. The molecule has 0 fully saturated rings. The molecule has 0 saturated carbocycles. The van der Waals surface area contributed by atoms with Crippen LogP contribution in [0, 0.1) is 0 Å². The minimum absolute atomic E-state index is 0.402. The number of benzene rings is 1. The molecule has 1 aromatic carbocycles. The van der Waals surface area contributed by atoms with E-state index in [9.17, 15) is 5.11 Å². The third kappa shape index (κ3) is 4.91. The van der Waals surface area contributed by atoms with Gasteiger partial charge in [-0.15, -0.1) is 5.73 Å². The summed E-state index contributed by atoms with van der Waals surface area (Å²) in [4.78, 5) is 0. The van der Waals surface area contributed by atoms with Crippen LogP contribution in [0.3, 0.4) is 0 Å². The summed E-state index contributed by atoms with van der Waals surface area (Å²) in [5, 5.41) is 10.3. The molecule has 0 amide bonds. The van der Waals surface area contributed by atoms with Gasteiger partial charge in [0.05, 0.1) is 6.10 Å². The number of aliphatic hydroxyl groups is 1. The molecule has 0 heterocycles. The van der Waals surface area contributed by atoms with Gasteiger partial charge in [-0.05, 0) is 25.0 Å². The number of hydrogen-bond donors (Lipinski definition) is 1. The number of aliphatic hydroxyl groups excluding tert-OH is 1. The van der Waals surface area contributed by atoms with E-state index < -0.39 is 6.10 Å². The van der Waals surface area contributed by atoms with E-state index in [4.69, 9.17) is 0 Å². The Hall–Kier alpha value is -1.30. The summed E-state index contributed by atoms with van der Waals surface area (Å²) in [6.45, 7) is 4.14. The zero-order valence-electron chi connectivity index (χ0n) is 11.5. The molecule has 0 aromatic heterocycles. The van der Waals surface area contributed by atoms with Crippen molar-refractivity contribution in [3.8, 4) is 0 Å². The summed E-state index contributed by atoms with van der Waals surface area (Å²) in [5.41, 5.74) is 5.16. The first-order chi connectivity index (χ1) is 8.79. The van der Waals surface area contributed by atoms with E-state index in [-0.39, 0.29) is 0 Å². The Labute approximate surface area is 111 Å². The lowest BCUT2D eigenvalue weighted by atomic mass is 9.97. The fourth-order valence-electron chi connectivity index (χ4n) is 2.05. The maximum Gasteiger partial charge on any atom is 0.0867 e. The highest BCUT2D eigenvalue weighted by molar-refractivity contribution is 5.67. The fourth-order valence-corrected chi connectivity index (χ4v) is 2.05. The molecule has 0 aliphatic heterocycles. The average Bonchev–Trinajstić information content (AvgIpc) is 2.41. The van der Waals surface area contributed by atoms with Gasteiger partial charge in [-0.25, -0.2) is 0 Å². The van der Waals surface area contributed by atoms with Crippen molar-refractivity contribution in [2.45, 2.75) is 52.1 Å². The summed E-state index contributed by atoms with van der Waals surface area (Å²) in [6.07, 6.45) is 7.05. The number of rotatable bonds is 7. The normalized spacial score (nSPS) is 11.7. The van der Waals surface area contributed by atoms with Crippen LogP contribution in [0.5, 0.6) is 0 Å². The Balaban J connectivity index is 2.66. The van der Waals surface area contributed by atoms with Crippen LogP contribution in [0.25, 0.3) is 5.57 Å². The molecule has 1 N–H and O–H groups in total. The van der Waals surface area contributed by atoms with Crippen LogP contribution in [0.2, 0.25) is 0 Å². The van der Waals surface area contributed by atoms with Crippen molar-refractivity contribution in [1.82, 2.24) is 0 Å². The van der Waals surface area contributed by atoms with Gasteiger partial charge in [0.25, 0.3) is 0 Å². The molecule has 0 saturated heterocycles. The summed E-state index contributed by atoms with van der Waals surface area (Å²) in [5.74, 6) is 0. The van der Waals surface area contributed by atoms with Gasteiger partial charge in [-0.2, -0.15) is 0 Å². The highest BCUT2D eigenvalue weighted by atomic mass is 16.3. The molecule has 0 radical (unpaired) electrons. The van der Waals surface area contributed by atoms with E-state index in [1.165, 1.54) is 19.3 Å². The van der Waals surface area contributed by atoms with Gasteiger partial charge >= 0.3 is 0 Å². The minimum Gasteiger partial charge on any atom is -0.388 e.